The van der Waals surface area contributed by atoms with Gasteiger partial charge in [0.25, 0.3) is 0 Å². The normalized spacial score (nSPS) is 28.6. The summed E-state index contributed by atoms with van der Waals surface area (Å²) in [6.07, 6.45) is 0.755. The van der Waals surface area contributed by atoms with Crippen molar-refractivity contribution >= 4 is 5.91 Å². The molecule has 4 nitrogen and oxygen atoms in total. The molecule has 0 aromatic rings. The summed E-state index contributed by atoms with van der Waals surface area (Å²) in [6, 6.07) is 0.249. The van der Waals surface area contributed by atoms with Gasteiger partial charge < -0.3 is 10.6 Å². The van der Waals surface area contributed by atoms with Gasteiger partial charge in [-0.3, -0.25) is 9.69 Å². The second kappa shape index (κ2) is 5.64. The maximum Gasteiger partial charge on any atom is 0.240 e. The summed E-state index contributed by atoms with van der Waals surface area (Å²) < 4.78 is 0. The summed E-state index contributed by atoms with van der Waals surface area (Å²) in [6.45, 7) is 8.76. The van der Waals surface area contributed by atoms with Crippen LogP contribution in [0.5, 0.6) is 0 Å². The number of carbonyl (C=O) groups is 1. The van der Waals surface area contributed by atoms with E-state index in [0.29, 0.717) is 12.5 Å². The molecule has 0 saturated carbocycles. The van der Waals surface area contributed by atoms with Crippen LogP contribution in [0, 0.1) is 5.92 Å². The van der Waals surface area contributed by atoms with E-state index in [4.69, 9.17) is 5.73 Å². The van der Waals surface area contributed by atoms with Crippen molar-refractivity contribution in [2.45, 2.75) is 39.3 Å². The first-order valence-electron chi connectivity index (χ1n) is 6.18. The van der Waals surface area contributed by atoms with Gasteiger partial charge in [-0.05, 0) is 39.8 Å². The van der Waals surface area contributed by atoms with E-state index >= 15 is 0 Å². The fourth-order valence-corrected chi connectivity index (χ4v) is 2.45. The van der Waals surface area contributed by atoms with E-state index in [-0.39, 0.29) is 18.0 Å². The summed E-state index contributed by atoms with van der Waals surface area (Å²) in [5.41, 5.74) is 5.59. The van der Waals surface area contributed by atoms with Gasteiger partial charge in [0.15, 0.2) is 0 Å². The molecule has 1 aliphatic rings. The molecule has 2 atom stereocenters. The summed E-state index contributed by atoms with van der Waals surface area (Å²) in [5.74, 6) is 0.770. The minimum absolute atomic E-state index is 0.0302. The molecule has 2 N–H and O–H groups in total. The Morgan fingerprint density at radius 3 is 2.56 bits per heavy atom. The van der Waals surface area contributed by atoms with Gasteiger partial charge in [-0.25, -0.2) is 0 Å². The number of likely N-dealkylation sites (N-methyl/N-ethyl adjacent to an activating group) is 1. The van der Waals surface area contributed by atoms with Crippen molar-refractivity contribution < 1.29 is 4.79 Å². The molecule has 0 aromatic carbocycles. The molecule has 1 aliphatic heterocycles. The Balaban J connectivity index is 2.86. The van der Waals surface area contributed by atoms with Crippen LogP contribution in [0.2, 0.25) is 0 Å². The quantitative estimate of drug-likeness (QED) is 0.765. The molecule has 0 bridgehead atoms. The second-order valence-electron chi connectivity index (χ2n) is 5.22. The molecule has 1 heterocycles. The summed E-state index contributed by atoms with van der Waals surface area (Å²) in [7, 11) is 2.03. The van der Waals surface area contributed by atoms with E-state index in [1.54, 1.807) is 0 Å². The fourth-order valence-electron chi connectivity index (χ4n) is 2.45. The first kappa shape index (κ1) is 13.5. The highest BCUT2D eigenvalue weighted by atomic mass is 16.2. The Morgan fingerprint density at radius 1 is 1.44 bits per heavy atom. The largest absolute Gasteiger partial charge is 0.339 e. The Morgan fingerprint density at radius 2 is 2.06 bits per heavy atom. The van der Waals surface area contributed by atoms with E-state index in [1.165, 1.54) is 0 Å². The number of nitrogens with zero attached hydrogens (tertiary/aromatic N) is 2. The third-order valence-corrected chi connectivity index (χ3v) is 3.27. The highest BCUT2D eigenvalue weighted by Gasteiger charge is 2.33. The lowest BCUT2D eigenvalue weighted by molar-refractivity contribution is -0.136. The highest BCUT2D eigenvalue weighted by molar-refractivity contribution is 5.82. The van der Waals surface area contributed by atoms with Crippen LogP contribution in [0.4, 0.5) is 0 Å². The SMILES string of the molecule is CC1CN(C)C(CCN)C(=O)N(C(C)C)C1. The molecule has 94 valence electrons. The van der Waals surface area contributed by atoms with Crippen LogP contribution in [0.25, 0.3) is 0 Å². The van der Waals surface area contributed by atoms with Gasteiger partial charge in [0.1, 0.15) is 0 Å². The molecule has 0 aliphatic carbocycles. The minimum Gasteiger partial charge on any atom is -0.339 e. The van der Waals surface area contributed by atoms with Gasteiger partial charge in [-0.15, -0.1) is 0 Å². The third kappa shape index (κ3) is 2.95. The van der Waals surface area contributed by atoms with Crippen molar-refractivity contribution in [3.63, 3.8) is 0 Å². The summed E-state index contributed by atoms with van der Waals surface area (Å²) in [5, 5.41) is 0. The molecule has 0 spiro atoms. The molecule has 1 fully saturated rings. The highest BCUT2D eigenvalue weighted by Crippen LogP contribution is 2.17. The van der Waals surface area contributed by atoms with Crippen molar-refractivity contribution in [1.29, 1.82) is 0 Å². The van der Waals surface area contributed by atoms with Crippen LogP contribution in [0.1, 0.15) is 27.2 Å². The smallest absolute Gasteiger partial charge is 0.240 e. The number of amides is 1. The Hall–Kier alpha value is -0.610. The zero-order chi connectivity index (χ0) is 12.3. The maximum absolute atomic E-state index is 12.4. The van der Waals surface area contributed by atoms with E-state index in [0.717, 1.165) is 19.5 Å². The van der Waals surface area contributed by atoms with Crippen molar-refractivity contribution in [3.05, 3.63) is 0 Å². The topological polar surface area (TPSA) is 49.6 Å². The molecular weight excluding hydrogens is 202 g/mol. The lowest BCUT2D eigenvalue weighted by atomic mass is 10.1. The zero-order valence-electron chi connectivity index (χ0n) is 10.9. The summed E-state index contributed by atoms with van der Waals surface area (Å²) >= 11 is 0. The molecule has 16 heavy (non-hydrogen) atoms. The summed E-state index contributed by atoms with van der Waals surface area (Å²) in [4.78, 5) is 16.5. The van der Waals surface area contributed by atoms with Gasteiger partial charge in [-0.2, -0.15) is 0 Å². The first-order chi connectivity index (χ1) is 7.47. The van der Waals surface area contributed by atoms with Crippen molar-refractivity contribution in [1.82, 2.24) is 9.80 Å². The lowest BCUT2D eigenvalue weighted by Crippen LogP contribution is -2.47. The predicted octanol–water partition coefficient (Wildman–Crippen LogP) is 0.522. The average molecular weight is 227 g/mol. The molecular formula is C12H25N3O. The Bertz CT molecular complexity index is 242. The van der Waals surface area contributed by atoms with Crippen LogP contribution >= 0.6 is 0 Å². The second-order valence-corrected chi connectivity index (χ2v) is 5.22. The average Bonchev–Trinajstić information content (AvgIpc) is 2.29. The molecule has 1 rings (SSSR count). The molecule has 0 radical (unpaired) electrons. The maximum atomic E-state index is 12.4. The zero-order valence-corrected chi connectivity index (χ0v) is 10.9. The van der Waals surface area contributed by atoms with Crippen LogP contribution < -0.4 is 5.73 Å². The third-order valence-electron chi connectivity index (χ3n) is 3.27. The molecule has 2 unspecified atom stereocenters. The number of hydrogen-bond acceptors (Lipinski definition) is 3. The van der Waals surface area contributed by atoms with Gasteiger partial charge in [0.05, 0.1) is 6.04 Å². The monoisotopic (exact) mass is 227 g/mol. The Kier molecular flexibility index (Phi) is 4.74. The molecule has 1 amide bonds. The van der Waals surface area contributed by atoms with Crippen LogP contribution in [0.3, 0.4) is 0 Å². The van der Waals surface area contributed by atoms with Gasteiger partial charge >= 0.3 is 0 Å². The van der Waals surface area contributed by atoms with E-state index in [9.17, 15) is 4.79 Å². The first-order valence-corrected chi connectivity index (χ1v) is 6.18. The Labute approximate surface area is 98.8 Å². The number of hydrogen-bond donors (Lipinski definition) is 1. The number of nitrogens with two attached hydrogens (primary N) is 1. The van der Waals surface area contributed by atoms with Crippen molar-refractivity contribution in [3.8, 4) is 0 Å². The fraction of sp³-hybridized carbons (Fsp3) is 0.917. The van der Waals surface area contributed by atoms with Gasteiger partial charge in [-0.1, -0.05) is 6.92 Å². The van der Waals surface area contributed by atoms with Crippen LogP contribution in [-0.2, 0) is 4.79 Å². The van der Waals surface area contributed by atoms with Gasteiger partial charge in [0.2, 0.25) is 5.91 Å². The lowest BCUT2D eigenvalue weighted by Gasteiger charge is -2.30. The molecule has 1 saturated heterocycles. The van der Waals surface area contributed by atoms with Gasteiger partial charge in [0, 0.05) is 19.1 Å². The van der Waals surface area contributed by atoms with Crippen molar-refractivity contribution in [2.24, 2.45) is 11.7 Å². The van der Waals surface area contributed by atoms with E-state index < -0.39 is 0 Å². The standard InChI is InChI=1S/C12H25N3O/c1-9(2)15-8-10(3)7-14(4)11(5-6-13)12(15)16/h9-11H,5-8,13H2,1-4H3. The minimum atomic E-state index is -0.0302. The molecule has 4 heteroatoms. The molecule has 0 aromatic heterocycles. The van der Waals surface area contributed by atoms with Crippen LogP contribution in [-0.4, -0.2) is 54.5 Å². The predicted molar refractivity (Wildman–Crippen MR) is 66.1 cm³/mol. The number of carbonyl (C=O) groups excluding carboxylic acids is 1. The van der Waals surface area contributed by atoms with E-state index in [1.807, 2.05) is 11.9 Å². The van der Waals surface area contributed by atoms with Crippen LogP contribution in [0.15, 0.2) is 0 Å². The van der Waals surface area contributed by atoms with Crippen molar-refractivity contribution in [2.75, 3.05) is 26.7 Å². The number of rotatable bonds is 3. The van der Waals surface area contributed by atoms with E-state index in [2.05, 4.69) is 25.7 Å².